The highest BCUT2D eigenvalue weighted by molar-refractivity contribution is 5.93. The maximum absolute atomic E-state index is 12.6. The van der Waals surface area contributed by atoms with Crippen molar-refractivity contribution in [3.05, 3.63) is 72.6 Å². The summed E-state index contributed by atoms with van der Waals surface area (Å²) in [6.45, 7) is 3.59. The molecule has 1 unspecified atom stereocenters. The number of piperidine rings is 1. The Balaban J connectivity index is 1.42. The van der Waals surface area contributed by atoms with Gasteiger partial charge in [-0.1, -0.05) is 48.0 Å². The maximum Gasteiger partial charge on any atom is 0.229 e. The first-order valence-electron chi connectivity index (χ1n) is 9.69. The fraction of sp³-hybridized carbons (Fsp3) is 0.261. The predicted octanol–water partition coefficient (Wildman–Crippen LogP) is 4.31. The van der Waals surface area contributed by atoms with E-state index in [1.165, 1.54) is 5.56 Å². The van der Waals surface area contributed by atoms with Crippen LogP contribution in [0.3, 0.4) is 0 Å². The van der Waals surface area contributed by atoms with Gasteiger partial charge in [-0.05, 0) is 37.5 Å². The third-order valence-corrected chi connectivity index (χ3v) is 5.14. The number of hydrogen-bond donors (Lipinski definition) is 1. The number of anilines is 2. The number of carbonyl (C=O) groups excluding carboxylic acids is 1. The molecule has 5 nitrogen and oxygen atoms in total. The van der Waals surface area contributed by atoms with Crippen molar-refractivity contribution in [2.45, 2.75) is 19.8 Å². The molecule has 5 heteroatoms. The van der Waals surface area contributed by atoms with Gasteiger partial charge in [-0.3, -0.25) is 4.79 Å². The van der Waals surface area contributed by atoms with Gasteiger partial charge < -0.3 is 10.2 Å². The van der Waals surface area contributed by atoms with Gasteiger partial charge in [-0.25, -0.2) is 9.97 Å². The summed E-state index contributed by atoms with van der Waals surface area (Å²) in [4.78, 5) is 23.9. The summed E-state index contributed by atoms with van der Waals surface area (Å²) < 4.78 is 0. The van der Waals surface area contributed by atoms with Crippen molar-refractivity contribution in [2.24, 2.45) is 5.92 Å². The molecule has 1 atom stereocenters. The van der Waals surface area contributed by atoms with E-state index in [1.807, 2.05) is 42.7 Å². The van der Waals surface area contributed by atoms with E-state index < -0.39 is 0 Å². The number of nitrogens with one attached hydrogen (secondary N) is 1. The fourth-order valence-corrected chi connectivity index (χ4v) is 3.52. The normalized spacial score (nSPS) is 16.6. The molecule has 1 N–H and O–H groups in total. The van der Waals surface area contributed by atoms with Crippen LogP contribution in [-0.2, 0) is 4.79 Å². The van der Waals surface area contributed by atoms with E-state index in [0.29, 0.717) is 12.5 Å². The molecule has 4 rings (SSSR count). The molecule has 0 bridgehead atoms. The first-order valence-corrected chi connectivity index (χ1v) is 9.69. The number of carbonyl (C=O) groups is 1. The monoisotopic (exact) mass is 372 g/mol. The molecule has 1 amide bonds. The molecule has 3 aromatic rings. The Labute approximate surface area is 165 Å². The van der Waals surface area contributed by atoms with Crippen molar-refractivity contribution < 1.29 is 4.79 Å². The molecular weight excluding hydrogens is 348 g/mol. The minimum Gasteiger partial charge on any atom is -0.340 e. The Morgan fingerprint density at radius 2 is 1.71 bits per heavy atom. The summed E-state index contributed by atoms with van der Waals surface area (Å²) in [6, 6.07) is 17.9. The zero-order valence-electron chi connectivity index (χ0n) is 16.0. The number of benzene rings is 2. The Morgan fingerprint density at radius 1 is 1.00 bits per heavy atom. The second-order valence-electron chi connectivity index (χ2n) is 7.28. The molecule has 1 aliphatic rings. The van der Waals surface area contributed by atoms with Crippen LogP contribution in [0.2, 0.25) is 0 Å². The van der Waals surface area contributed by atoms with Crippen LogP contribution in [0.25, 0.3) is 11.1 Å². The number of rotatable bonds is 4. The molecule has 1 saturated heterocycles. The average Bonchev–Trinajstić information content (AvgIpc) is 2.75. The number of aromatic nitrogens is 2. The van der Waals surface area contributed by atoms with Crippen LogP contribution in [-0.4, -0.2) is 29.0 Å². The topological polar surface area (TPSA) is 58.1 Å². The molecule has 2 aromatic carbocycles. The smallest absolute Gasteiger partial charge is 0.229 e. The minimum absolute atomic E-state index is 0.0608. The van der Waals surface area contributed by atoms with Gasteiger partial charge >= 0.3 is 0 Å². The first-order chi connectivity index (χ1) is 13.7. The van der Waals surface area contributed by atoms with Gasteiger partial charge in [0.25, 0.3) is 0 Å². The van der Waals surface area contributed by atoms with Gasteiger partial charge in [0.15, 0.2) is 0 Å². The molecule has 0 radical (unpaired) electrons. The van der Waals surface area contributed by atoms with Gasteiger partial charge in [0.05, 0.1) is 5.92 Å². The molecule has 0 saturated carbocycles. The minimum atomic E-state index is -0.0608. The lowest BCUT2D eigenvalue weighted by molar-refractivity contribution is -0.120. The largest absolute Gasteiger partial charge is 0.340 e. The van der Waals surface area contributed by atoms with Crippen LogP contribution < -0.4 is 10.2 Å². The van der Waals surface area contributed by atoms with Crippen LogP contribution in [0.1, 0.15) is 18.4 Å². The summed E-state index contributed by atoms with van der Waals surface area (Å²) in [7, 11) is 0. The Bertz CT molecular complexity index is 923. The molecule has 1 fully saturated rings. The first kappa shape index (κ1) is 18.2. The van der Waals surface area contributed by atoms with Crippen molar-refractivity contribution in [3.63, 3.8) is 0 Å². The SMILES string of the molecule is Cc1ccc(-c2cnc(N3CCCC(C(=O)Nc4ccccc4)C3)nc2)cc1. The van der Waals surface area contributed by atoms with Crippen molar-refractivity contribution in [1.29, 1.82) is 0 Å². The predicted molar refractivity (Wildman–Crippen MR) is 112 cm³/mol. The van der Waals surface area contributed by atoms with Gasteiger partial charge in [-0.15, -0.1) is 0 Å². The summed E-state index contributed by atoms with van der Waals surface area (Å²) in [5, 5.41) is 3.01. The Kier molecular flexibility index (Phi) is 5.33. The van der Waals surface area contributed by atoms with E-state index in [1.54, 1.807) is 0 Å². The number of aryl methyl sites for hydroxylation is 1. The second-order valence-corrected chi connectivity index (χ2v) is 7.28. The molecule has 1 aliphatic heterocycles. The lowest BCUT2D eigenvalue weighted by atomic mass is 9.97. The van der Waals surface area contributed by atoms with E-state index in [-0.39, 0.29) is 11.8 Å². The zero-order valence-corrected chi connectivity index (χ0v) is 16.0. The highest BCUT2D eigenvalue weighted by Crippen LogP contribution is 2.24. The Morgan fingerprint density at radius 3 is 2.43 bits per heavy atom. The Hall–Kier alpha value is -3.21. The van der Waals surface area contributed by atoms with E-state index in [9.17, 15) is 4.79 Å². The van der Waals surface area contributed by atoms with Crippen LogP contribution in [0.5, 0.6) is 0 Å². The summed E-state index contributed by atoms with van der Waals surface area (Å²) in [6.07, 6.45) is 5.56. The number of amides is 1. The number of nitrogens with zero attached hydrogens (tertiary/aromatic N) is 3. The summed E-state index contributed by atoms with van der Waals surface area (Å²) >= 11 is 0. The van der Waals surface area contributed by atoms with Gasteiger partial charge in [0, 0.05) is 36.7 Å². The van der Waals surface area contributed by atoms with Crippen LogP contribution in [0.4, 0.5) is 11.6 Å². The molecule has 0 aliphatic carbocycles. The van der Waals surface area contributed by atoms with Crippen LogP contribution in [0, 0.1) is 12.8 Å². The highest BCUT2D eigenvalue weighted by Gasteiger charge is 2.27. The molecule has 0 spiro atoms. The van der Waals surface area contributed by atoms with Crippen LogP contribution >= 0.6 is 0 Å². The molecule has 28 heavy (non-hydrogen) atoms. The molecular formula is C23H24N4O. The quantitative estimate of drug-likeness (QED) is 0.741. The van der Waals surface area contributed by atoms with Crippen molar-refractivity contribution in [1.82, 2.24) is 9.97 Å². The van der Waals surface area contributed by atoms with Crippen molar-refractivity contribution >= 4 is 17.5 Å². The third-order valence-electron chi connectivity index (χ3n) is 5.14. The van der Waals surface area contributed by atoms with E-state index >= 15 is 0 Å². The van der Waals surface area contributed by atoms with Gasteiger partial charge in [0.1, 0.15) is 0 Å². The lowest BCUT2D eigenvalue weighted by Gasteiger charge is -2.32. The van der Waals surface area contributed by atoms with Crippen molar-refractivity contribution in [3.8, 4) is 11.1 Å². The number of hydrogen-bond acceptors (Lipinski definition) is 4. The standard InChI is InChI=1S/C23H24N4O/c1-17-9-11-18(12-10-17)20-14-24-23(25-15-20)27-13-5-6-19(16-27)22(28)26-21-7-3-2-4-8-21/h2-4,7-12,14-15,19H,5-6,13,16H2,1H3,(H,26,28). The summed E-state index contributed by atoms with van der Waals surface area (Å²) in [5.74, 6) is 0.689. The zero-order chi connectivity index (χ0) is 19.3. The fourth-order valence-electron chi connectivity index (χ4n) is 3.52. The van der Waals surface area contributed by atoms with Gasteiger partial charge in [-0.2, -0.15) is 0 Å². The number of para-hydroxylation sites is 1. The lowest BCUT2D eigenvalue weighted by Crippen LogP contribution is -2.41. The van der Waals surface area contributed by atoms with Crippen LogP contribution in [0.15, 0.2) is 67.0 Å². The van der Waals surface area contributed by atoms with Crippen molar-refractivity contribution in [2.75, 3.05) is 23.3 Å². The van der Waals surface area contributed by atoms with E-state index in [4.69, 9.17) is 0 Å². The highest BCUT2D eigenvalue weighted by atomic mass is 16.1. The molecule has 1 aromatic heterocycles. The average molecular weight is 372 g/mol. The summed E-state index contributed by atoms with van der Waals surface area (Å²) in [5.41, 5.74) is 4.17. The molecule has 2 heterocycles. The van der Waals surface area contributed by atoms with Gasteiger partial charge in [0.2, 0.25) is 11.9 Å². The second kappa shape index (κ2) is 8.21. The van der Waals surface area contributed by atoms with E-state index in [2.05, 4.69) is 51.4 Å². The molecule has 142 valence electrons. The van der Waals surface area contributed by atoms with E-state index in [0.717, 1.165) is 36.2 Å². The maximum atomic E-state index is 12.6. The third kappa shape index (κ3) is 4.19.